The summed E-state index contributed by atoms with van der Waals surface area (Å²) >= 11 is 0. The van der Waals surface area contributed by atoms with Gasteiger partial charge in [-0.15, -0.1) is 0 Å². The smallest absolute Gasteiger partial charge is 0.219 e. The second kappa shape index (κ2) is 6.68. The number of nitrogens with one attached hydrogen (secondary N) is 1. The summed E-state index contributed by atoms with van der Waals surface area (Å²) in [5.74, 6) is 0.201. The zero-order valence-corrected chi connectivity index (χ0v) is 16.1. The number of sulfone groups is 1. The highest BCUT2D eigenvalue weighted by atomic mass is 32.2. The number of aromatic amines is 1. The van der Waals surface area contributed by atoms with Crippen LogP contribution in [0.1, 0.15) is 16.7 Å². The lowest BCUT2D eigenvalue weighted by Crippen LogP contribution is -2.13. The van der Waals surface area contributed by atoms with E-state index in [-0.39, 0.29) is 8.80 Å². The Balaban J connectivity index is 0.00000160. The number of anilines is 1. The van der Waals surface area contributed by atoms with Gasteiger partial charge in [0.05, 0.1) is 22.0 Å². The number of fused-ring (bicyclic) bond motifs is 1. The Morgan fingerprint density at radius 3 is 2.32 bits per heavy atom. The number of rotatable bonds is 4. The number of nitrogens with two attached hydrogens (primary N) is 1. The summed E-state index contributed by atoms with van der Waals surface area (Å²) in [7, 11) is -3.31. The first kappa shape index (κ1) is 18.1. The Morgan fingerprint density at radius 2 is 1.68 bits per heavy atom. The molecule has 0 fully saturated rings. The fraction of sp³-hybridized carbons (Fsp3) is 0.158. The molecular weight excluding hydrogens is 376 g/mol. The van der Waals surface area contributed by atoms with E-state index in [1.165, 1.54) is 0 Å². The largest absolute Gasteiger partial charge is 0.368 e. The zero-order valence-electron chi connectivity index (χ0n) is 15.3. The predicted molar refractivity (Wildman–Crippen MR) is 111 cm³/mol. The van der Waals surface area contributed by atoms with E-state index in [0.29, 0.717) is 21.8 Å². The van der Waals surface area contributed by atoms with Gasteiger partial charge in [0.15, 0.2) is 15.5 Å². The van der Waals surface area contributed by atoms with Gasteiger partial charge in [0, 0.05) is 38.1 Å². The molecule has 0 saturated heterocycles. The van der Waals surface area contributed by atoms with Gasteiger partial charge in [-0.3, -0.25) is 0 Å². The maximum Gasteiger partial charge on any atom is 0.219 e. The molecule has 0 amide bonds. The molecule has 0 bridgehead atoms. The Hall–Kier alpha value is -3.33. The summed E-state index contributed by atoms with van der Waals surface area (Å²) in [4.78, 5) is 20.5. The lowest BCUT2D eigenvalue weighted by molar-refractivity contribution is 0.587. The van der Waals surface area contributed by atoms with E-state index >= 15 is 0 Å². The van der Waals surface area contributed by atoms with Crippen molar-refractivity contribution in [1.29, 1.82) is 0 Å². The van der Waals surface area contributed by atoms with Crippen LogP contribution in [0.4, 0.5) is 5.95 Å². The quantitative estimate of drug-likeness (QED) is 0.539. The molecule has 0 spiro atoms. The molecule has 146 valence electrons. The molecule has 0 aliphatic carbocycles. The summed E-state index contributed by atoms with van der Waals surface area (Å²) in [6, 6.07) is 6.68. The molecule has 1 aromatic carbocycles. The summed E-state index contributed by atoms with van der Waals surface area (Å²) in [6.45, 7) is 3.33. The predicted octanol–water partition coefficient (Wildman–Crippen LogP) is 3.34. The average Bonchev–Trinajstić information content (AvgIpc) is 3.12. The van der Waals surface area contributed by atoms with Gasteiger partial charge in [0.2, 0.25) is 5.95 Å². The molecule has 9 heteroatoms. The molecule has 4 rings (SSSR count). The van der Waals surface area contributed by atoms with Gasteiger partial charge in [-0.25, -0.2) is 28.4 Å². The van der Waals surface area contributed by atoms with E-state index in [1.54, 1.807) is 62.9 Å². The van der Waals surface area contributed by atoms with E-state index in [9.17, 15) is 8.42 Å². The summed E-state index contributed by atoms with van der Waals surface area (Å²) in [6.07, 6.45) is 6.70. The van der Waals surface area contributed by atoms with Crippen molar-refractivity contribution in [3.05, 3.63) is 49.1 Å². The Kier molecular flexibility index (Phi) is 4.31. The number of benzene rings is 1. The highest BCUT2D eigenvalue weighted by Crippen LogP contribution is 2.28. The monoisotopic (exact) mass is 398 g/mol. The van der Waals surface area contributed by atoms with E-state index in [4.69, 9.17) is 10.7 Å². The molecule has 0 atom stereocenters. The Labute approximate surface area is 164 Å². The summed E-state index contributed by atoms with van der Waals surface area (Å²) in [5.41, 5.74) is 9.85. The maximum absolute atomic E-state index is 12.3. The van der Waals surface area contributed by atoms with Crippen LogP contribution in [0.2, 0.25) is 0 Å². The van der Waals surface area contributed by atoms with E-state index in [0.717, 1.165) is 16.7 Å². The molecule has 0 saturated carbocycles. The molecule has 3 N–H and O–H groups in total. The first-order valence-electron chi connectivity index (χ1n) is 8.62. The van der Waals surface area contributed by atoms with Crippen molar-refractivity contribution in [2.75, 3.05) is 5.73 Å². The molecular formula is C19H22N6O2S. The van der Waals surface area contributed by atoms with E-state index in [1.807, 2.05) is 0 Å². The average molecular weight is 398 g/mol. The fourth-order valence-corrected chi connectivity index (χ4v) is 3.87. The van der Waals surface area contributed by atoms with Crippen molar-refractivity contribution in [3.8, 4) is 22.4 Å². The zero-order chi connectivity index (χ0) is 19.9. The molecule has 8 nitrogen and oxygen atoms in total. The molecule has 0 unspecified atom stereocenters. The number of nitrogens with zero attached hydrogens (tertiary/aromatic N) is 4. The van der Waals surface area contributed by atoms with Crippen LogP contribution in [-0.4, -0.2) is 38.6 Å². The van der Waals surface area contributed by atoms with Gasteiger partial charge in [-0.2, -0.15) is 0 Å². The van der Waals surface area contributed by atoms with E-state index < -0.39 is 15.1 Å². The minimum atomic E-state index is -3.31. The third kappa shape index (κ3) is 3.09. The van der Waals surface area contributed by atoms with Crippen LogP contribution in [0.3, 0.4) is 0 Å². The number of hydrogen-bond donors (Lipinski definition) is 2. The van der Waals surface area contributed by atoms with Crippen molar-refractivity contribution < 1.29 is 11.3 Å². The second-order valence-corrected chi connectivity index (χ2v) is 9.11. The van der Waals surface area contributed by atoms with Crippen molar-refractivity contribution in [2.45, 2.75) is 24.0 Å². The molecule has 3 heterocycles. The lowest BCUT2D eigenvalue weighted by atomic mass is 10.1. The molecule has 0 aliphatic rings. The minimum Gasteiger partial charge on any atom is -0.368 e. The molecule has 4 aromatic rings. The van der Waals surface area contributed by atoms with Crippen LogP contribution in [0, 0.1) is 0 Å². The number of H-pyrrole nitrogens is 1. The number of aromatic nitrogens is 5. The van der Waals surface area contributed by atoms with Crippen LogP contribution >= 0.6 is 0 Å². The first-order chi connectivity index (χ1) is 13.4. The molecule has 0 radical (unpaired) electrons. The Bertz CT molecular complexity index is 1260. The van der Waals surface area contributed by atoms with Gasteiger partial charge in [-0.05, 0) is 26.0 Å². The SMILES string of the molecule is CC(C)S(=O)(=O)c1ccc(-c2cnc3[nH]cc(-c4cnc(N)nc4)c3n2)cc1.[HH].[HH]. The van der Waals surface area contributed by atoms with Crippen LogP contribution < -0.4 is 5.73 Å². The highest BCUT2D eigenvalue weighted by molar-refractivity contribution is 7.92. The van der Waals surface area contributed by atoms with Crippen molar-refractivity contribution in [1.82, 2.24) is 24.9 Å². The van der Waals surface area contributed by atoms with Gasteiger partial charge in [0.25, 0.3) is 0 Å². The third-order valence-electron chi connectivity index (χ3n) is 4.46. The van der Waals surface area contributed by atoms with Crippen molar-refractivity contribution >= 4 is 26.9 Å². The second-order valence-electron chi connectivity index (χ2n) is 6.60. The third-order valence-corrected chi connectivity index (χ3v) is 6.63. The van der Waals surface area contributed by atoms with Gasteiger partial charge >= 0.3 is 0 Å². The normalized spacial score (nSPS) is 12.0. The van der Waals surface area contributed by atoms with Crippen molar-refractivity contribution in [2.24, 2.45) is 0 Å². The highest BCUT2D eigenvalue weighted by Gasteiger charge is 2.19. The van der Waals surface area contributed by atoms with Crippen LogP contribution in [0.15, 0.2) is 53.9 Å². The van der Waals surface area contributed by atoms with Gasteiger partial charge < -0.3 is 10.7 Å². The number of hydrogen-bond acceptors (Lipinski definition) is 7. The summed E-state index contributed by atoms with van der Waals surface area (Å²) in [5, 5.41) is -0.473. The Morgan fingerprint density at radius 1 is 1.00 bits per heavy atom. The fourth-order valence-electron chi connectivity index (χ4n) is 2.82. The molecule has 3 aromatic heterocycles. The standard InChI is InChI=1S/C19H18N6O2S.2H2/c1-11(2)28(26,27)14-5-3-12(4-6-14)16-10-22-18-17(25-16)15(9-21-18)13-7-23-19(20)24-8-13;;/h3-11H,1-2H3,(H,21,22)(H2,20,23,24);2*1H. The van der Waals surface area contributed by atoms with Gasteiger partial charge in [0.1, 0.15) is 5.52 Å². The maximum atomic E-state index is 12.3. The van der Waals surface area contributed by atoms with Gasteiger partial charge in [-0.1, -0.05) is 12.1 Å². The minimum absolute atomic E-state index is 0. The summed E-state index contributed by atoms with van der Waals surface area (Å²) < 4.78 is 24.6. The molecule has 28 heavy (non-hydrogen) atoms. The van der Waals surface area contributed by atoms with Crippen LogP contribution in [0.5, 0.6) is 0 Å². The van der Waals surface area contributed by atoms with E-state index in [2.05, 4.69) is 19.9 Å². The van der Waals surface area contributed by atoms with Crippen LogP contribution in [0.25, 0.3) is 33.5 Å². The molecule has 0 aliphatic heterocycles. The van der Waals surface area contributed by atoms with Crippen LogP contribution in [-0.2, 0) is 9.84 Å². The number of nitrogen functional groups attached to an aromatic ring is 1. The van der Waals surface area contributed by atoms with Crippen molar-refractivity contribution in [3.63, 3.8) is 0 Å². The topological polar surface area (TPSA) is 128 Å². The lowest BCUT2D eigenvalue weighted by Gasteiger charge is -2.08. The first-order valence-corrected chi connectivity index (χ1v) is 10.2.